The summed E-state index contributed by atoms with van der Waals surface area (Å²) in [5.74, 6) is -0.00812. The first-order valence-corrected chi connectivity index (χ1v) is 12.7. The van der Waals surface area contributed by atoms with Gasteiger partial charge in [-0.25, -0.2) is 21.6 Å². The van der Waals surface area contributed by atoms with E-state index in [9.17, 15) is 21.6 Å². The van der Waals surface area contributed by atoms with Gasteiger partial charge in [0.05, 0.1) is 29.4 Å². The van der Waals surface area contributed by atoms with E-state index in [0.29, 0.717) is 0 Å². The summed E-state index contributed by atoms with van der Waals surface area (Å²) in [6, 6.07) is 17.9. The first-order chi connectivity index (χ1) is 16.2. The molecule has 0 bridgehead atoms. The van der Waals surface area contributed by atoms with E-state index in [1.165, 1.54) is 74.9 Å². The molecule has 0 unspecified atom stereocenters. The minimum atomic E-state index is -4.75. The standard InChI is InChI=1S/C23H19NO8S2/c1-30-19-15-20(31-2)22(23-18(19)13-14-21(25)32-23)24(33(26,27)16-9-5-3-6-10-16)34(28,29)17-11-7-4-8-12-17/h3-15H,1-2H3. The molecule has 176 valence electrons. The second-order valence-electron chi connectivity index (χ2n) is 6.96. The summed E-state index contributed by atoms with van der Waals surface area (Å²) in [6.07, 6.45) is 0. The molecule has 0 spiro atoms. The van der Waals surface area contributed by atoms with Crippen molar-refractivity contribution in [2.45, 2.75) is 9.79 Å². The Morgan fingerprint density at radius 1 is 0.706 bits per heavy atom. The molecule has 9 nitrogen and oxygen atoms in total. The van der Waals surface area contributed by atoms with E-state index >= 15 is 0 Å². The van der Waals surface area contributed by atoms with E-state index in [4.69, 9.17) is 13.9 Å². The zero-order valence-corrected chi connectivity index (χ0v) is 19.7. The van der Waals surface area contributed by atoms with Gasteiger partial charge < -0.3 is 13.9 Å². The van der Waals surface area contributed by atoms with Gasteiger partial charge in [0.1, 0.15) is 5.75 Å². The fourth-order valence-electron chi connectivity index (χ4n) is 3.41. The van der Waals surface area contributed by atoms with Crippen LogP contribution in [0, 0.1) is 0 Å². The third kappa shape index (κ3) is 3.88. The molecule has 34 heavy (non-hydrogen) atoms. The number of methoxy groups -OCH3 is 2. The van der Waals surface area contributed by atoms with Gasteiger partial charge in [-0.05, 0) is 30.3 Å². The smallest absolute Gasteiger partial charge is 0.336 e. The quantitative estimate of drug-likeness (QED) is 0.354. The largest absolute Gasteiger partial charge is 0.496 e. The van der Waals surface area contributed by atoms with Crippen molar-refractivity contribution in [3.05, 3.63) is 89.3 Å². The van der Waals surface area contributed by atoms with Crippen LogP contribution in [0.4, 0.5) is 5.69 Å². The van der Waals surface area contributed by atoms with Crippen LogP contribution in [0.25, 0.3) is 11.0 Å². The molecule has 0 N–H and O–H groups in total. The second-order valence-corrected chi connectivity index (χ2v) is 10.8. The third-order valence-electron chi connectivity index (χ3n) is 4.95. The van der Waals surface area contributed by atoms with Crippen LogP contribution in [0.2, 0.25) is 0 Å². The maximum atomic E-state index is 13.8. The van der Waals surface area contributed by atoms with E-state index in [-0.39, 0.29) is 36.0 Å². The number of hydrogen-bond donors (Lipinski definition) is 0. The van der Waals surface area contributed by atoms with E-state index in [2.05, 4.69) is 0 Å². The van der Waals surface area contributed by atoms with Gasteiger partial charge in [0.25, 0.3) is 20.0 Å². The summed E-state index contributed by atoms with van der Waals surface area (Å²) >= 11 is 0. The first-order valence-electron chi connectivity index (χ1n) is 9.81. The van der Waals surface area contributed by atoms with Crippen molar-refractivity contribution >= 4 is 36.7 Å². The fraction of sp³-hybridized carbons (Fsp3) is 0.0870. The molecule has 4 aromatic rings. The van der Waals surface area contributed by atoms with Crippen molar-refractivity contribution in [2.75, 3.05) is 17.9 Å². The molecule has 0 fully saturated rings. The summed E-state index contributed by atoms with van der Waals surface area (Å²) < 4.78 is 71.6. The predicted molar refractivity (Wildman–Crippen MR) is 125 cm³/mol. The summed E-state index contributed by atoms with van der Waals surface area (Å²) in [7, 11) is -6.92. The van der Waals surface area contributed by atoms with E-state index < -0.39 is 31.4 Å². The lowest BCUT2D eigenvalue weighted by atomic mass is 10.2. The average molecular weight is 502 g/mol. The van der Waals surface area contributed by atoms with Gasteiger partial charge in [0.2, 0.25) is 0 Å². The highest BCUT2D eigenvalue weighted by Crippen LogP contribution is 2.45. The van der Waals surface area contributed by atoms with Crippen LogP contribution < -0.4 is 18.8 Å². The molecule has 0 aliphatic carbocycles. The Kier molecular flexibility index (Phi) is 6.07. The number of ether oxygens (including phenoxy) is 2. The monoisotopic (exact) mass is 501 g/mol. The number of nitrogens with zero attached hydrogens (tertiary/aromatic N) is 1. The highest BCUT2D eigenvalue weighted by molar-refractivity contribution is 8.10. The molecular formula is C23H19NO8S2. The van der Waals surface area contributed by atoms with Crippen molar-refractivity contribution in [1.82, 2.24) is 0 Å². The maximum absolute atomic E-state index is 13.8. The van der Waals surface area contributed by atoms with Crippen LogP contribution in [-0.4, -0.2) is 31.1 Å². The van der Waals surface area contributed by atoms with Crippen LogP contribution in [0.15, 0.2) is 97.9 Å². The van der Waals surface area contributed by atoms with Gasteiger partial charge in [-0.15, -0.1) is 3.71 Å². The molecule has 0 aliphatic rings. The molecule has 0 saturated heterocycles. The molecule has 0 aliphatic heterocycles. The second kappa shape index (κ2) is 8.84. The minimum Gasteiger partial charge on any atom is -0.496 e. The van der Waals surface area contributed by atoms with E-state index in [1.807, 2.05) is 0 Å². The zero-order valence-electron chi connectivity index (χ0n) is 18.0. The third-order valence-corrected chi connectivity index (χ3v) is 9.10. The molecule has 0 saturated carbocycles. The van der Waals surface area contributed by atoms with Crippen molar-refractivity contribution in [3.63, 3.8) is 0 Å². The van der Waals surface area contributed by atoms with Crippen LogP contribution in [0.5, 0.6) is 11.5 Å². The summed E-state index contributed by atoms with van der Waals surface area (Å²) in [5, 5.41) is 0.175. The van der Waals surface area contributed by atoms with Gasteiger partial charge in [-0.2, -0.15) is 0 Å². The zero-order chi connectivity index (χ0) is 24.5. The Balaban J connectivity index is 2.19. The predicted octanol–water partition coefficient (Wildman–Crippen LogP) is 3.39. The number of hydrogen-bond acceptors (Lipinski definition) is 8. The van der Waals surface area contributed by atoms with Crippen molar-refractivity contribution in [2.24, 2.45) is 0 Å². The average Bonchev–Trinajstić information content (AvgIpc) is 2.85. The SMILES string of the molecule is COc1cc(OC)c2ccc(=O)oc2c1N(S(=O)(=O)c1ccccc1)S(=O)(=O)c1ccccc1. The van der Waals surface area contributed by atoms with Gasteiger partial charge in [0, 0.05) is 12.1 Å². The molecule has 0 radical (unpaired) electrons. The van der Waals surface area contributed by atoms with Gasteiger partial charge in [0.15, 0.2) is 17.0 Å². The molecule has 3 aromatic carbocycles. The molecule has 1 aromatic heterocycles. The van der Waals surface area contributed by atoms with Crippen molar-refractivity contribution < 1.29 is 30.7 Å². The van der Waals surface area contributed by atoms with Gasteiger partial charge in [-0.1, -0.05) is 36.4 Å². The number of sulfonamides is 2. The summed E-state index contributed by atoms with van der Waals surface area (Å²) in [5.41, 5.74) is -1.63. The van der Waals surface area contributed by atoms with Crippen LogP contribution in [-0.2, 0) is 20.0 Å². The molecule has 11 heteroatoms. The minimum absolute atomic E-state index is 0.175. The molecule has 4 rings (SSSR count). The van der Waals surface area contributed by atoms with Gasteiger partial charge >= 0.3 is 5.63 Å². The topological polar surface area (TPSA) is 120 Å². The lowest BCUT2D eigenvalue weighted by Gasteiger charge is -2.26. The Labute approximate surface area is 195 Å². The Morgan fingerprint density at radius 3 is 1.68 bits per heavy atom. The van der Waals surface area contributed by atoms with E-state index in [1.54, 1.807) is 12.1 Å². The number of anilines is 1. The first kappa shape index (κ1) is 23.3. The number of benzene rings is 3. The fourth-order valence-corrected chi connectivity index (χ4v) is 7.17. The number of fused-ring (bicyclic) bond motifs is 1. The van der Waals surface area contributed by atoms with Crippen LogP contribution >= 0.6 is 0 Å². The van der Waals surface area contributed by atoms with Crippen LogP contribution in [0.1, 0.15) is 0 Å². The Hall–Kier alpha value is -3.83. The Morgan fingerprint density at radius 2 is 1.21 bits per heavy atom. The lowest BCUT2D eigenvalue weighted by Crippen LogP contribution is -2.37. The maximum Gasteiger partial charge on any atom is 0.336 e. The summed E-state index contributed by atoms with van der Waals surface area (Å²) in [4.78, 5) is 11.5. The van der Waals surface area contributed by atoms with Crippen LogP contribution in [0.3, 0.4) is 0 Å². The lowest BCUT2D eigenvalue weighted by molar-refractivity contribution is 0.397. The normalized spacial score (nSPS) is 11.8. The highest BCUT2D eigenvalue weighted by Gasteiger charge is 2.41. The highest BCUT2D eigenvalue weighted by atomic mass is 32.3. The van der Waals surface area contributed by atoms with Crippen molar-refractivity contribution in [3.8, 4) is 11.5 Å². The molecule has 0 amide bonds. The number of rotatable bonds is 7. The van der Waals surface area contributed by atoms with Gasteiger partial charge in [-0.3, -0.25) is 0 Å². The van der Waals surface area contributed by atoms with E-state index in [0.717, 1.165) is 6.07 Å². The van der Waals surface area contributed by atoms with Crippen molar-refractivity contribution in [1.29, 1.82) is 0 Å². The Bertz CT molecular complexity index is 1550. The molecule has 1 heterocycles. The summed E-state index contributed by atoms with van der Waals surface area (Å²) in [6.45, 7) is 0. The molecule has 0 atom stereocenters. The molecular weight excluding hydrogens is 482 g/mol.